The summed E-state index contributed by atoms with van der Waals surface area (Å²) in [5.41, 5.74) is 5.68. The van der Waals surface area contributed by atoms with E-state index in [0.717, 1.165) is 0 Å². The average molecular weight is 169 g/mol. The van der Waals surface area contributed by atoms with E-state index in [0.29, 0.717) is 0 Å². The van der Waals surface area contributed by atoms with Gasteiger partial charge >= 0.3 is 5.97 Å². The molecule has 1 rings (SSSR count). The number of esters is 1. The molecule has 0 aliphatic carbocycles. The molecule has 12 heavy (non-hydrogen) atoms. The number of nitrogens with zero attached hydrogens (tertiary/aromatic N) is 1. The van der Waals surface area contributed by atoms with Gasteiger partial charge in [-0.2, -0.15) is 5.10 Å². The number of nitrogen functional groups attached to an aromatic ring is 1. The Kier molecular flexibility index (Phi) is 2.32. The van der Waals surface area contributed by atoms with Crippen LogP contribution in [0.15, 0.2) is 6.20 Å². The number of carbonyl (C=O) groups excluding carboxylic acids is 1. The van der Waals surface area contributed by atoms with Gasteiger partial charge in [-0.15, -0.1) is 0 Å². The van der Waals surface area contributed by atoms with Crippen molar-refractivity contribution in [3.8, 4) is 0 Å². The summed E-state index contributed by atoms with van der Waals surface area (Å²) < 4.78 is 4.90. The zero-order chi connectivity index (χ0) is 9.14. The van der Waals surface area contributed by atoms with Crippen molar-refractivity contribution in [3.63, 3.8) is 0 Å². The lowest BCUT2D eigenvalue weighted by Gasteiger charge is -2.05. The molecule has 0 spiro atoms. The molecule has 0 fully saturated rings. The first kappa shape index (κ1) is 8.58. The van der Waals surface area contributed by atoms with Gasteiger partial charge in [-0.1, -0.05) is 0 Å². The van der Waals surface area contributed by atoms with E-state index >= 15 is 0 Å². The van der Waals surface area contributed by atoms with Crippen molar-refractivity contribution < 1.29 is 9.53 Å². The molecule has 0 amide bonds. The molecule has 0 radical (unpaired) electrons. The molecule has 66 valence electrons. The minimum absolute atomic E-state index is 0.146. The number of anilines is 1. The Morgan fingerprint density at radius 2 is 2.42 bits per heavy atom. The molecule has 0 saturated heterocycles. The van der Waals surface area contributed by atoms with Crippen molar-refractivity contribution in [2.75, 3.05) is 5.73 Å². The Balaban J connectivity index is 2.72. The van der Waals surface area contributed by atoms with E-state index in [2.05, 4.69) is 10.2 Å². The van der Waals surface area contributed by atoms with Crippen LogP contribution in [0.4, 0.5) is 5.82 Å². The highest BCUT2D eigenvalue weighted by atomic mass is 16.5. The summed E-state index contributed by atoms with van der Waals surface area (Å²) >= 11 is 0. The number of ether oxygens (including phenoxy) is 1. The number of aromatic nitrogens is 2. The zero-order valence-corrected chi connectivity index (χ0v) is 7.00. The van der Waals surface area contributed by atoms with E-state index in [4.69, 9.17) is 10.5 Å². The lowest BCUT2D eigenvalue weighted by molar-refractivity contribution is 0.0379. The predicted molar refractivity (Wildman–Crippen MR) is 43.6 cm³/mol. The Bertz CT molecular complexity index is 280. The van der Waals surface area contributed by atoms with Crippen molar-refractivity contribution in [2.45, 2.75) is 20.0 Å². The fourth-order valence-corrected chi connectivity index (χ4v) is 0.736. The maximum atomic E-state index is 11.2. The minimum Gasteiger partial charge on any atom is -0.459 e. The molecule has 0 unspecified atom stereocenters. The second-order valence-corrected chi connectivity index (χ2v) is 2.65. The summed E-state index contributed by atoms with van der Waals surface area (Å²) in [6.07, 6.45) is 1.20. The predicted octanol–water partition coefficient (Wildman–Crippen LogP) is 0.557. The number of nitrogens with two attached hydrogens (primary N) is 1. The number of H-pyrrole nitrogens is 1. The van der Waals surface area contributed by atoms with Gasteiger partial charge < -0.3 is 10.5 Å². The van der Waals surface area contributed by atoms with Crippen LogP contribution < -0.4 is 5.73 Å². The van der Waals surface area contributed by atoms with Crippen molar-refractivity contribution in [1.29, 1.82) is 0 Å². The van der Waals surface area contributed by atoms with Crippen LogP contribution in [-0.2, 0) is 4.74 Å². The molecule has 0 aliphatic rings. The molecular formula is C7H11N3O2. The smallest absolute Gasteiger partial charge is 0.343 e. The summed E-state index contributed by atoms with van der Waals surface area (Å²) in [6.45, 7) is 3.54. The van der Waals surface area contributed by atoms with Gasteiger partial charge in [0.1, 0.15) is 11.4 Å². The third kappa shape index (κ3) is 1.75. The fourth-order valence-electron chi connectivity index (χ4n) is 0.736. The van der Waals surface area contributed by atoms with Gasteiger partial charge in [0.05, 0.1) is 12.3 Å². The van der Waals surface area contributed by atoms with Crippen molar-refractivity contribution in [1.82, 2.24) is 10.2 Å². The van der Waals surface area contributed by atoms with E-state index in [1.54, 1.807) is 13.8 Å². The van der Waals surface area contributed by atoms with Crippen LogP contribution in [0.3, 0.4) is 0 Å². The molecular weight excluding hydrogens is 158 g/mol. The number of hydrogen-bond donors (Lipinski definition) is 2. The normalized spacial score (nSPS) is 10.2. The molecule has 1 aromatic rings. The topological polar surface area (TPSA) is 81.0 Å². The number of aromatic amines is 1. The van der Waals surface area contributed by atoms with Crippen LogP contribution >= 0.6 is 0 Å². The highest BCUT2D eigenvalue weighted by Gasteiger charge is 2.13. The standard InChI is InChI=1S/C7H11N3O2/c1-4(2)12-7(11)5-3-9-10-6(5)8/h3-4H,1-2H3,(H3,8,9,10). The van der Waals surface area contributed by atoms with Gasteiger partial charge in [-0.3, -0.25) is 5.10 Å². The summed E-state index contributed by atoms with van der Waals surface area (Å²) in [5, 5.41) is 6.05. The number of carbonyl (C=O) groups is 1. The van der Waals surface area contributed by atoms with Crippen molar-refractivity contribution in [2.24, 2.45) is 0 Å². The fraction of sp³-hybridized carbons (Fsp3) is 0.429. The quantitative estimate of drug-likeness (QED) is 0.634. The van der Waals surface area contributed by atoms with Crippen LogP contribution in [0, 0.1) is 0 Å². The van der Waals surface area contributed by atoms with Crippen molar-refractivity contribution >= 4 is 11.8 Å². The van der Waals surface area contributed by atoms with Gasteiger partial charge in [-0.05, 0) is 13.8 Å². The summed E-state index contributed by atoms with van der Waals surface area (Å²) in [6, 6.07) is 0. The summed E-state index contributed by atoms with van der Waals surface area (Å²) in [7, 11) is 0. The minimum atomic E-state index is -0.448. The lowest BCUT2D eigenvalue weighted by atomic mass is 10.3. The monoisotopic (exact) mass is 169 g/mol. The van der Waals surface area contributed by atoms with Gasteiger partial charge in [0, 0.05) is 0 Å². The molecule has 3 N–H and O–H groups in total. The van der Waals surface area contributed by atoms with Crippen LogP contribution in [0.5, 0.6) is 0 Å². The SMILES string of the molecule is CC(C)OC(=O)c1cn[nH]c1N. The highest BCUT2D eigenvalue weighted by Crippen LogP contribution is 2.08. The number of nitrogens with one attached hydrogen (secondary N) is 1. The van der Waals surface area contributed by atoms with Gasteiger partial charge in [0.2, 0.25) is 0 Å². The van der Waals surface area contributed by atoms with E-state index in [-0.39, 0.29) is 17.5 Å². The van der Waals surface area contributed by atoms with Crippen LogP contribution in [0.25, 0.3) is 0 Å². The number of hydrogen-bond acceptors (Lipinski definition) is 4. The van der Waals surface area contributed by atoms with Crippen molar-refractivity contribution in [3.05, 3.63) is 11.8 Å². The van der Waals surface area contributed by atoms with E-state index < -0.39 is 5.97 Å². The first-order valence-corrected chi connectivity index (χ1v) is 3.61. The van der Waals surface area contributed by atoms with E-state index in [9.17, 15) is 4.79 Å². The molecule has 0 atom stereocenters. The third-order valence-electron chi connectivity index (χ3n) is 1.23. The van der Waals surface area contributed by atoms with Gasteiger partial charge in [0.15, 0.2) is 0 Å². The molecule has 1 aromatic heterocycles. The first-order valence-electron chi connectivity index (χ1n) is 3.61. The maximum absolute atomic E-state index is 11.2. The zero-order valence-electron chi connectivity index (χ0n) is 7.00. The third-order valence-corrected chi connectivity index (χ3v) is 1.23. The van der Waals surface area contributed by atoms with E-state index in [1.165, 1.54) is 6.20 Å². The molecule has 0 aromatic carbocycles. The largest absolute Gasteiger partial charge is 0.459 e. The molecule has 5 nitrogen and oxygen atoms in total. The van der Waals surface area contributed by atoms with Crippen LogP contribution in [0.1, 0.15) is 24.2 Å². The second kappa shape index (κ2) is 3.25. The van der Waals surface area contributed by atoms with Gasteiger partial charge in [-0.25, -0.2) is 4.79 Å². The second-order valence-electron chi connectivity index (χ2n) is 2.65. The Labute approximate surface area is 69.9 Å². The Hall–Kier alpha value is -1.52. The van der Waals surface area contributed by atoms with Crippen LogP contribution in [-0.4, -0.2) is 22.3 Å². The van der Waals surface area contributed by atoms with Gasteiger partial charge in [0.25, 0.3) is 0 Å². The Morgan fingerprint density at radius 1 is 1.75 bits per heavy atom. The molecule has 1 heterocycles. The van der Waals surface area contributed by atoms with E-state index in [1.807, 2.05) is 0 Å². The Morgan fingerprint density at radius 3 is 2.83 bits per heavy atom. The highest BCUT2D eigenvalue weighted by molar-refractivity contribution is 5.93. The number of rotatable bonds is 2. The summed E-state index contributed by atoms with van der Waals surface area (Å²) in [5.74, 6) is -0.211. The summed E-state index contributed by atoms with van der Waals surface area (Å²) in [4.78, 5) is 11.2. The maximum Gasteiger partial charge on any atom is 0.343 e. The average Bonchev–Trinajstić information content (AvgIpc) is 2.33. The molecule has 5 heteroatoms. The molecule has 0 saturated carbocycles. The lowest BCUT2D eigenvalue weighted by Crippen LogP contribution is -2.12. The van der Waals surface area contributed by atoms with Crippen LogP contribution in [0.2, 0.25) is 0 Å². The first-order chi connectivity index (χ1) is 5.61. The molecule has 0 aliphatic heterocycles. The molecule has 0 bridgehead atoms.